The Morgan fingerprint density at radius 1 is 1.07 bits per heavy atom. The average molecular weight is 380 g/mol. The minimum Gasteiger partial charge on any atom is -0.497 e. The van der Waals surface area contributed by atoms with Crippen LogP contribution in [-0.4, -0.2) is 61.7 Å². The van der Waals surface area contributed by atoms with Gasteiger partial charge in [-0.05, 0) is 48.2 Å². The molecule has 4 rings (SSSR count). The van der Waals surface area contributed by atoms with Crippen molar-refractivity contribution in [2.45, 2.75) is 25.4 Å². The molecule has 0 aromatic heterocycles. The molecule has 1 amide bonds. The first-order valence-corrected chi connectivity index (χ1v) is 10.1. The van der Waals surface area contributed by atoms with Gasteiger partial charge in [-0.3, -0.25) is 9.69 Å². The molecule has 148 valence electrons. The molecule has 0 N–H and O–H groups in total. The van der Waals surface area contributed by atoms with Crippen molar-refractivity contribution in [3.05, 3.63) is 54.1 Å². The van der Waals surface area contributed by atoms with Crippen molar-refractivity contribution in [1.82, 2.24) is 9.80 Å². The van der Waals surface area contributed by atoms with E-state index in [0.717, 1.165) is 50.3 Å². The lowest BCUT2D eigenvalue weighted by atomic mass is 10.0. The van der Waals surface area contributed by atoms with Crippen LogP contribution in [0.15, 0.2) is 48.5 Å². The number of amides is 1. The monoisotopic (exact) mass is 380 g/mol. The summed E-state index contributed by atoms with van der Waals surface area (Å²) in [7, 11) is 1.69. The summed E-state index contributed by atoms with van der Waals surface area (Å²) in [5.74, 6) is 1.14. The highest BCUT2D eigenvalue weighted by atomic mass is 16.5. The maximum Gasteiger partial charge on any atom is 0.240 e. The van der Waals surface area contributed by atoms with Crippen molar-refractivity contribution in [3.8, 4) is 16.9 Å². The lowest BCUT2D eigenvalue weighted by molar-refractivity contribution is -0.140. The molecule has 0 saturated carbocycles. The van der Waals surface area contributed by atoms with Gasteiger partial charge in [0.1, 0.15) is 5.75 Å². The van der Waals surface area contributed by atoms with Crippen LogP contribution in [0.25, 0.3) is 11.1 Å². The van der Waals surface area contributed by atoms with Gasteiger partial charge in [-0.15, -0.1) is 0 Å². The van der Waals surface area contributed by atoms with E-state index in [0.29, 0.717) is 13.2 Å². The summed E-state index contributed by atoms with van der Waals surface area (Å²) in [6.07, 6.45) is 2.04. The molecule has 2 heterocycles. The van der Waals surface area contributed by atoms with Crippen LogP contribution in [0.3, 0.4) is 0 Å². The predicted octanol–water partition coefficient (Wildman–Crippen LogP) is 3.19. The highest BCUT2D eigenvalue weighted by molar-refractivity contribution is 5.82. The number of benzene rings is 2. The zero-order chi connectivity index (χ0) is 19.3. The number of methoxy groups -OCH3 is 1. The van der Waals surface area contributed by atoms with Crippen LogP contribution in [0, 0.1) is 0 Å². The molecule has 2 saturated heterocycles. The van der Waals surface area contributed by atoms with Crippen LogP contribution in [0.4, 0.5) is 0 Å². The fourth-order valence-corrected chi connectivity index (χ4v) is 4.13. The molecular weight excluding hydrogens is 352 g/mol. The molecule has 5 heteroatoms. The van der Waals surface area contributed by atoms with Crippen LogP contribution in [-0.2, 0) is 16.1 Å². The Balaban J connectivity index is 1.42. The van der Waals surface area contributed by atoms with Crippen LogP contribution in [0.5, 0.6) is 5.75 Å². The lowest BCUT2D eigenvalue weighted by Gasteiger charge is -2.32. The number of ether oxygens (including phenoxy) is 2. The first-order chi connectivity index (χ1) is 13.7. The molecule has 0 spiro atoms. The van der Waals surface area contributed by atoms with E-state index in [2.05, 4.69) is 35.2 Å². The molecule has 1 atom stereocenters. The van der Waals surface area contributed by atoms with E-state index in [1.54, 1.807) is 7.11 Å². The number of nitrogens with zero attached hydrogens (tertiary/aromatic N) is 2. The van der Waals surface area contributed by atoms with Crippen molar-refractivity contribution in [2.75, 3.05) is 40.0 Å². The van der Waals surface area contributed by atoms with Gasteiger partial charge in [0.15, 0.2) is 0 Å². The summed E-state index contributed by atoms with van der Waals surface area (Å²) in [5, 5.41) is 0. The van der Waals surface area contributed by atoms with E-state index in [1.807, 2.05) is 23.1 Å². The normalized spacial score (nSPS) is 20.3. The van der Waals surface area contributed by atoms with Gasteiger partial charge in [-0.25, -0.2) is 0 Å². The van der Waals surface area contributed by atoms with E-state index in [-0.39, 0.29) is 11.9 Å². The van der Waals surface area contributed by atoms with E-state index in [1.165, 1.54) is 11.1 Å². The van der Waals surface area contributed by atoms with Crippen LogP contribution in [0.1, 0.15) is 18.4 Å². The topological polar surface area (TPSA) is 42.0 Å². The molecule has 28 heavy (non-hydrogen) atoms. The summed E-state index contributed by atoms with van der Waals surface area (Å²) in [6, 6.07) is 16.8. The number of morpholine rings is 1. The molecular formula is C23H28N2O3. The maximum atomic E-state index is 12.9. The Bertz CT molecular complexity index is 800. The van der Waals surface area contributed by atoms with E-state index in [4.69, 9.17) is 9.47 Å². The molecule has 1 unspecified atom stereocenters. The Labute approximate surface area is 166 Å². The fraction of sp³-hybridized carbons (Fsp3) is 0.435. The first kappa shape index (κ1) is 19.0. The van der Waals surface area contributed by atoms with Gasteiger partial charge in [0.25, 0.3) is 0 Å². The van der Waals surface area contributed by atoms with E-state index >= 15 is 0 Å². The number of carbonyl (C=O) groups is 1. The van der Waals surface area contributed by atoms with Crippen molar-refractivity contribution >= 4 is 5.91 Å². The Morgan fingerprint density at radius 3 is 2.61 bits per heavy atom. The average Bonchev–Trinajstić information content (AvgIpc) is 3.22. The third-order valence-corrected chi connectivity index (χ3v) is 5.71. The highest BCUT2D eigenvalue weighted by Crippen LogP contribution is 2.26. The largest absolute Gasteiger partial charge is 0.497 e. The smallest absolute Gasteiger partial charge is 0.240 e. The summed E-state index contributed by atoms with van der Waals surface area (Å²) < 4.78 is 10.7. The fourth-order valence-electron chi connectivity index (χ4n) is 4.13. The Hall–Kier alpha value is -2.37. The SMILES string of the molecule is COc1cccc(-c2ccc(CN3CCCC3C(=O)N3CCOCC3)cc2)c1. The number of hydrogen-bond acceptors (Lipinski definition) is 4. The standard InChI is InChI=1S/C23H28N2O3/c1-27-21-5-2-4-20(16-21)19-9-7-18(8-10-19)17-25-11-3-6-22(25)23(26)24-12-14-28-15-13-24/h2,4-5,7-10,16,22H,3,6,11-15,17H2,1H3. The van der Waals surface area contributed by atoms with Gasteiger partial charge in [0.05, 0.1) is 26.4 Å². The van der Waals surface area contributed by atoms with Crippen molar-refractivity contribution in [1.29, 1.82) is 0 Å². The van der Waals surface area contributed by atoms with Crippen molar-refractivity contribution < 1.29 is 14.3 Å². The molecule has 0 bridgehead atoms. The Morgan fingerprint density at radius 2 is 1.86 bits per heavy atom. The molecule has 2 aliphatic rings. The molecule has 2 aromatic rings. The maximum absolute atomic E-state index is 12.9. The summed E-state index contributed by atoms with van der Waals surface area (Å²) in [6.45, 7) is 4.56. The van der Waals surface area contributed by atoms with E-state index in [9.17, 15) is 4.79 Å². The second-order valence-corrected chi connectivity index (χ2v) is 7.50. The number of hydrogen-bond donors (Lipinski definition) is 0. The third-order valence-electron chi connectivity index (χ3n) is 5.71. The van der Waals surface area contributed by atoms with Gasteiger partial charge in [0, 0.05) is 19.6 Å². The zero-order valence-corrected chi connectivity index (χ0v) is 16.5. The van der Waals surface area contributed by atoms with Crippen LogP contribution in [0.2, 0.25) is 0 Å². The predicted molar refractivity (Wildman–Crippen MR) is 109 cm³/mol. The highest BCUT2D eigenvalue weighted by Gasteiger charge is 2.34. The summed E-state index contributed by atoms with van der Waals surface area (Å²) in [4.78, 5) is 17.2. The Kier molecular flexibility index (Phi) is 5.93. The zero-order valence-electron chi connectivity index (χ0n) is 16.5. The van der Waals surface area contributed by atoms with Gasteiger partial charge in [0.2, 0.25) is 5.91 Å². The molecule has 2 aromatic carbocycles. The molecule has 0 radical (unpaired) electrons. The number of carbonyl (C=O) groups excluding carboxylic acids is 1. The second kappa shape index (κ2) is 8.76. The quantitative estimate of drug-likeness (QED) is 0.799. The summed E-state index contributed by atoms with van der Waals surface area (Å²) >= 11 is 0. The molecule has 5 nitrogen and oxygen atoms in total. The number of likely N-dealkylation sites (tertiary alicyclic amines) is 1. The van der Waals surface area contributed by atoms with Gasteiger partial charge < -0.3 is 14.4 Å². The minimum atomic E-state index is 0.0103. The summed E-state index contributed by atoms with van der Waals surface area (Å²) in [5.41, 5.74) is 3.56. The molecule has 2 aliphatic heterocycles. The van der Waals surface area contributed by atoms with Crippen LogP contribution >= 0.6 is 0 Å². The van der Waals surface area contributed by atoms with Gasteiger partial charge >= 0.3 is 0 Å². The minimum absolute atomic E-state index is 0.0103. The van der Waals surface area contributed by atoms with Crippen LogP contribution < -0.4 is 4.74 Å². The lowest BCUT2D eigenvalue weighted by Crippen LogP contribution is -2.49. The van der Waals surface area contributed by atoms with Gasteiger partial charge in [-0.2, -0.15) is 0 Å². The second-order valence-electron chi connectivity index (χ2n) is 7.50. The number of rotatable bonds is 5. The molecule has 2 fully saturated rings. The van der Waals surface area contributed by atoms with Crippen molar-refractivity contribution in [3.63, 3.8) is 0 Å². The van der Waals surface area contributed by atoms with Gasteiger partial charge in [-0.1, -0.05) is 36.4 Å². The van der Waals surface area contributed by atoms with Crippen molar-refractivity contribution in [2.24, 2.45) is 0 Å². The third kappa shape index (κ3) is 4.21. The van der Waals surface area contributed by atoms with E-state index < -0.39 is 0 Å². The first-order valence-electron chi connectivity index (χ1n) is 10.1. The molecule has 0 aliphatic carbocycles.